The van der Waals surface area contributed by atoms with Gasteiger partial charge in [-0.1, -0.05) is 19.4 Å². The molecule has 1 N–H and O–H groups in total. The van der Waals surface area contributed by atoms with Crippen LogP contribution < -0.4 is 5.32 Å². The summed E-state index contributed by atoms with van der Waals surface area (Å²) in [5.41, 5.74) is 1.24. The minimum atomic E-state index is 0.708. The van der Waals surface area contributed by atoms with E-state index < -0.39 is 0 Å². The summed E-state index contributed by atoms with van der Waals surface area (Å²) in [6, 6.07) is 4.07. The van der Waals surface area contributed by atoms with Gasteiger partial charge in [0.2, 0.25) is 0 Å². The maximum absolute atomic E-state index is 5.79. The van der Waals surface area contributed by atoms with Crippen molar-refractivity contribution in [2.45, 2.75) is 32.7 Å². The van der Waals surface area contributed by atoms with Gasteiger partial charge in [-0.05, 0) is 36.9 Å². The summed E-state index contributed by atoms with van der Waals surface area (Å²) in [5, 5.41) is 3.47. The molecule has 3 heteroatoms. The zero-order valence-corrected chi connectivity index (χ0v) is 10.7. The Labute approximate surface area is 103 Å². The van der Waals surface area contributed by atoms with Gasteiger partial charge in [0.05, 0.1) is 0 Å². The summed E-state index contributed by atoms with van der Waals surface area (Å²) in [7, 11) is 0. The molecule has 1 aromatic heterocycles. The van der Waals surface area contributed by atoms with Crippen molar-refractivity contribution in [3.05, 3.63) is 30.1 Å². The monoisotopic (exact) mass is 240 g/mol. The SMILES string of the molecule is CCCC(CCCl)CNCc1cccnc1. The van der Waals surface area contributed by atoms with E-state index in [9.17, 15) is 0 Å². The molecule has 1 atom stereocenters. The highest BCUT2D eigenvalue weighted by Crippen LogP contribution is 2.11. The zero-order chi connectivity index (χ0) is 11.6. The topological polar surface area (TPSA) is 24.9 Å². The van der Waals surface area contributed by atoms with Crippen LogP contribution in [0.3, 0.4) is 0 Å². The highest BCUT2D eigenvalue weighted by atomic mass is 35.5. The smallest absolute Gasteiger partial charge is 0.0312 e. The summed E-state index contributed by atoms with van der Waals surface area (Å²) in [6.45, 7) is 4.17. The minimum absolute atomic E-state index is 0.708. The van der Waals surface area contributed by atoms with E-state index >= 15 is 0 Å². The van der Waals surface area contributed by atoms with Gasteiger partial charge < -0.3 is 5.32 Å². The van der Waals surface area contributed by atoms with Crippen LogP contribution in [0.4, 0.5) is 0 Å². The lowest BCUT2D eigenvalue weighted by molar-refractivity contribution is 0.430. The van der Waals surface area contributed by atoms with Gasteiger partial charge in [-0.2, -0.15) is 0 Å². The van der Waals surface area contributed by atoms with Crippen LogP contribution in [0.15, 0.2) is 24.5 Å². The molecule has 0 aliphatic heterocycles. The van der Waals surface area contributed by atoms with E-state index in [1.807, 2.05) is 12.3 Å². The second-order valence-corrected chi connectivity index (χ2v) is 4.50. The van der Waals surface area contributed by atoms with Crippen LogP contribution >= 0.6 is 11.6 Å². The van der Waals surface area contributed by atoms with Crippen molar-refractivity contribution >= 4 is 11.6 Å². The molecule has 0 aliphatic rings. The quantitative estimate of drug-likeness (QED) is 0.706. The van der Waals surface area contributed by atoms with Crippen LogP contribution in [-0.4, -0.2) is 17.4 Å². The summed E-state index contributed by atoms with van der Waals surface area (Å²) in [6.07, 6.45) is 7.30. The molecular formula is C13H21ClN2. The third kappa shape index (κ3) is 5.47. The Hall–Kier alpha value is -0.600. The summed E-state index contributed by atoms with van der Waals surface area (Å²) < 4.78 is 0. The van der Waals surface area contributed by atoms with E-state index in [-0.39, 0.29) is 0 Å². The second kappa shape index (κ2) is 8.54. The number of hydrogen-bond acceptors (Lipinski definition) is 2. The number of aromatic nitrogens is 1. The molecule has 0 saturated heterocycles. The largest absolute Gasteiger partial charge is 0.312 e. The van der Waals surface area contributed by atoms with Crippen LogP contribution in [0.5, 0.6) is 0 Å². The van der Waals surface area contributed by atoms with Crippen molar-refractivity contribution in [3.63, 3.8) is 0 Å². The summed E-state index contributed by atoms with van der Waals surface area (Å²) in [5.74, 6) is 1.47. The average molecular weight is 241 g/mol. The van der Waals surface area contributed by atoms with E-state index in [4.69, 9.17) is 11.6 Å². The Bertz CT molecular complexity index is 258. The van der Waals surface area contributed by atoms with E-state index in [1.165, 1.54) is 18.4 Å². The number of hydrogen-bond donors (Lipinski definition) is 1. The van der Waals surface area contributed by atoms with Gasteiger partial charge in [-0.3, -0.25) is 4.98 Å². The van der Waals surface area contributed by atoms with Gasteiger partial charge in [0.1, 0.15) is 0 Å². The standard InChI is InChI=1S/C13H21ClN2/c1-2-4-12(6-7-14)9-16-11-13-5-3-8-15-10-13/h3,5,8,10,12,16H,2,4,6-7,9,11H2,1H3. The number of nitrogens with zero attached hydrogens (tertiary/aromatic N) is 1. The Morgan fingerprint density at radius 1 is 1.44 bits per heavy atom. The molecule has 0 spiro atoms. The first kappa shape index (κ1) is 13.5. The fourth-order valence-corrected chi connectivity index (χ4v) is 2.14. The van der Waals surface area contributed by atoms with Crippen molar-refractivity contribution in [1.29, 1.82) is 0 Å². The number of alkyl halides is 1. The second-order valence-electron chi connectivity index (χ2n) is 4.12. The molecule has 2 nitrogen and oxygen atoms in total. The molecule has 0 aliphatic carbocycles. The van der Waals surface area contributed by atoms with Crippen molar-refractivity contribution in [1.82, 2.24) is 10.3 Å². The number of rotatable bonds is 8. The molecule has 0 fully saturated rings. The Balaban J connectivity index is 2.22. The van der Waals surface area contributed by atoms with Crippen molar-refractivity contribution in [2.75, 3.05) is 12.4 Å². The number of nitrogens with one attached hydrogen (secondary N) is 1. The predicted molar refractivity (Wildman–Crippen MR) is 69.7 cm³/mol. The van der Waals surface area contributed by atoms with Gasteiger partial charge in [-0.25, -0.2) is 0 Å². The molecule has 1 unspecified atom stereocenters. The molecule has 1 rings (SSSR count). The van der Waals surface area contributed by atoms with E-state index in [0.29, 0.717) is 5.92 Å². The highest BCUT2D eigenvalue weighted by molar-refractivity contribution is 6.17. The van der Waals surface area contributed by atoms with E-state index in [0.717, 1.165) is 25.4 Å². The fourth-order valence-electron chi connectivity index (χ4n) is 1.83. The predicted octanol–water partition coefficient (Wildman–Crippen LogP) is 3.22. The van der Waals surface area contributed by atoms with E-state index in [2.05, 4.69) is 23.3 Å². The average Bonchev–Trinajstić information content (AvgIpc) is 2.31. The van der Waals surface area contributed by atoms with Crippen molar-refractivity contribution < 1.29 is 0 Å². The highest BCUT2D eigenvalue weighted by Gasteiger charge is 2.06. The number of halogens is 1. The summed E-state index contributed by atoms with van der Waals surface area (Å²) >= 11 is 5.79. The fraction of sp³-hybridized carbons (Fsp3) is 0.615. The molecule has 1 aromatic rings. The Morgan fingerprint density at radius 2 is 2.31 bits per heavy atom. The lowest BCUT2D eigenvalue weighted by atomic mass is 10.0. The van der Waals surface area contributed by atoms with Gasteiger partial charge >= 0.3 is 0 Å². The zero-order valence-electron chi connectivity index (χ0n) is 9.95. The van der Waals surface area contributed by atoms with Crippen LogP contribution in [0.2, 0.25) is 0 Å². The number of pyridine rings is 1. The Morgan fingerprint density at radius 3 is 2.94 bits per heavy atom. The molecule has 1 heterocycles. The van der Waals surface area contributed by atoms with Crippen molar-refractivity contribution in [2.24, 2.45) is 5.92 Å². The lowest BCUT2D eigenvalue weighted by Crippen LogP contribution is -2.22. The van der Waals surface area contributed by atoms with Crippen LogP contribution in [-0.2, 0) is 6.54 Å². The molecule has 90 valence electrons. The molecule has 0 radical (unpaired) electrons. The van der Waals surface area contributed by atoms with Gasteiger partial charge in [-0.15, -0.1) is 11.6 Å². The third-order valence-electron chi connectivity index (χ3n) is 2.70. The minimum Gasteiger partial charge on any atom is -0.312 e. The maximum Gasteiger partial charge on any atom is 0.0312 e. The summed E-state index contributed by atoms with van der Waals surface area (Å²) in [4.78, 5) is 4.09. The molecule has 0 saturated carbocycles. The third-order valence-corrected chi connectivity index (χ3v) is 2.92. The maximum atomic E-state index is 5.79. The van der Waals surface area contributed by atoms with Gasteiger partial charge in [0.15, 0.2) is 0 Å². The molecule has 0 bridgehead atoms. The normalized spacial score (nSPS) is 12.6. The first-order valence-electron chi connectivity index (χ1n) is 6.02. The van der Waals surface area contributed by atoms with E-state index in [1.54, 1.807) is 6.20 Å². The van der Waals surface area contributed by atoms with Gasteiger partial charge in [0, 0.05) is 24.8 Å². The molecular weight excluding hydrogens is 220 g/mol. The van der Waals surface area contributed by atoms with Crippen LogP contribution in [0.1, 0.15) is 31.7 Å². The molecule has 16 heavy (non-hydrogen) atoms. The van der Waals surface area contributed by atoms with Crippen LogP contribution in [0.25, 0.3) is 0 Å². The molecule has 0 amide bonds. The van der Waals surface area contributed by atoms with Crippen LogP contribution in [0, 0.1) is 5.92 Å². The van der Waals surface area contributed by atoms with Crippen molar-refractivity contribution in [3.8, 4) is 0 Å². The lowest BCUT2D eigenvalue weighted by Gasteiger charge is -2.15. The Kier molecular flexibility index (Phi) is 7.19. The van der Waals surface area contributed by atoms with Gasteiger partial charge in [0.25, 0.3) is 0 Å². The first-order valence-corrected chi connectivity index (χ1v) is 6.55. The molecule has 0 aromatic carbocycles. The first-order chi connectivity index (χ1) is 7.86.